The molecule has 0 radical (unpaired) electrons. The molecule has 1 amide bonds. The van der Waals surface area contributed by atoms with E-state index in [1.54, 1.807) is 7.11 Å². The summed E-state index contributed by atoms with van der Waals surface area (Å²) in [6.45, 7) is 0.951. The molecule has 0 heterocycles. The molecular weight excluding hydrogens is 226 g/mol. The largest absolute Gasteiger partial charge is 0.375 e. The number of benzene rings is 1. The van der Waals surface area contributed by atoms with Gasteiger partial charge in [0.2, 0.25) is 5.91 Å². The monoisotopic (exact) mass is 245 g/mol. The number of rotatable bonds is 4. The summed E-state index contributed by atoms with van der Waals surface area (Å²) in [4.78, 5) is 11.4. The van der Waals surface area contributed by atoms with Crippen molar-refractivity contribution in [1.29, 1.82) is 0 Å². The first-order valence-corrected chi connectivity index (χ1v) is 6.60. The quantitative estimate of drug-likeness (QED) is 0.876. The Kier molecular flexibility index (Phi) is 2.86. The van der Waals surface area contributed by atoms with Crippen LogP contribution in [0.1, 0.15) is 24.0 Å². The van der Waals surface area contributed by atoms with Gasteiger partial charge in [0.1, 0.15) is 6.61 Å². The van der Waals surface area contributed by atoms with Gasteiger partial charge in [0.15, 0.2) is 0 Å². The van der Waals surface area contributed by atoms with E-state index in [-0.39, 0.29) is 12.5 Å². The SMILES string of the molecule is COCC(=O)NC[C@H]1C[C@@]12CCc1ccccc12. The van der Waals surface area contributed by atoms with Crippen molar-refractivity contribution in [1.82, 2.24) is 5.32 Å². The summed E-state index contributed by atoms with van der Waals surface area (Å²) in [5.41, 5.74) is 3.40. The molecule has 2 aliphatic carbocycles. The van der Waals surface area contributed by atoms with Crippen LogP contribution in [-0.2, 0) is 21.4 Å². The Morgan fingerprint density at radius 2 is 2.33 bits per heavy atom. The van der Waals surface area contributed by atoms with Crippen LogP contribution in [0.2, 0.25) is 0 Å². The summed E-state index contributed by atoms with van der Waals surface area (Å²) in [7, 11) is 1.55. The zero-order valence-electron chi connectivity index (χ0n) is 10.7. The first-order valence-electron chi connectivity index (χ1n) is 6.60. The third kappa shape index (κ3) is 1.83. The van der Waals surface area contributed by atoms with Crippen LogP contribution in [0.15, 0.2) is 24.3 Å². The lowest BCUT2D eigenvalue weighted by Gasteiger charge is -2.12. The molecule has 2 aliphatic rings. The van der Waals surface area contributed by atoms with Gasteiger partial charge < -0.3 is 10.1 Å². The minimum atomic E-state index is -0.00849. The van der Waals surface area contributed by atoms with E-state index >= 15 is 0 Å². The molecule has 1 aromatic carbocycles. The van der Waals surface area contributed by atoms with E-state index in [0.29, 0.717) is 11.3 Å². The highest BCUT2D eigenvalue weighted by Gasteiger charge is 2.57. The lowest BCUT2D eigenvalue weighted by atomic mass is 9.95. The van der Waals surface area contributed by atoms with Crippen molar-refractivity contribution in [3.05, 3.63) is 35.4 Å². The van der Waals surface area contributed by atoms with E-state index in [0.717, 1.165) is 6.54 Å². The lowest BCUT2D eigenvalue weighted by molar-refractivity contribution is -0.124. The van der Waals surface area contributed by atoms with E-state index in [9.17, 15) is 4.79 Å². The first kappa shape index (κ1) is 11.7. The number of amides is 1. The number of carbonyl (C=O) groups is 1. The Morgan fingerprint density at radius 1 is 1.50 bits per heavy atom. The molecular formula is C15H19NO2. The molecule has 0 saturated heterocycles. The van der Waals surface area contributed by atoms with Crippen LogP contribution in [0.25, 0.3) is 0 Å². The van der Waals surface area contributed by atoms with Crippen molar-refractivity contribution < 1.29 is 9.53 Å². The van der Waals surface area contributed by atoms with Crippen molar-refractivity contribution in [3.8, 4) is 0 Å². The van der Waals surface area contributed by atoms with Crippen LogP contribution in [0.5, 0.6) is 0 Å². The molecule has 18 heavy (non-hydrogen) atoms. The van der Waals surface area contributed by atoms with Gasteiger partial charge in [-0.2, -0.15) is 0 Å². The maximum atomic E-state index is 11.4. The molecule has 1 aromatic rings. The molecule has 96 valence electrons. The van der Waals surface area contributed by atoms with Gasteiger partial charge >= 0.3 is 0 Å². The van der Waals surface area contributed by atoms with Gasteiger partial charge in [-0.3, -0.25) is 4.79 Å². The van der Waals surface area contributed by atoms with Crippen LogP contribution < -0.4 is 5.32 Å². The number of hydrogen-bond donors (Lipinski definition) is 1. The molecule has 1 spiro atoms. The molecule has 1 N–H and O–H groups in total. The highest BCUT2D eigenvalue weighted by atomic mass is 16.5. The van der Waals surface area contributed by atoms with Crippen LogP contribution in [-0.4, -0.2) is 26.2 Å². The number of nitrogens with one attached hydrogen (secondary N) is 1. The number of fused-ring (bicyclic) bond motifs is 2. The average molecular weight is 245 g/mol. The Bertz CT molecular complexity index is 471. The maximum Gasteiger partial charge on any atom is 0.245 e. The third-order valence-corrected chi connectivity index (χ3v) is 4.45. The number of aryl methyl sites for hydroxylation is 1. The molecule has 0 aliphatic heterocycles. The zero-order valence-corrected chi connectivity index (χ0v) is 10.7. The van der Waals surface area contributed by atoms with Gasteiger partial charge in [-0.15, -0.1) is 0 Å². The molecule has 3 rings (SSSR count). The topological polar surface area (TPSA) is 38.3 Å². The summed E-state index contributed by atoms with van der Waals surface area (Å²) in [6, 6.07) is 8.75. The Morgan fingerprint density at radius 3 is 3.17 bits per heavy atom. The number of methoxy groups -OCH3 is 1. The third-order valence-electron chi connectivity index (χ3n) is 4.45. The number of ether oxygens (including phenoxy) is 1. The summed E-state index contributed by atoms with van der Waals surface area (Å²) < 4.78 is 4.82. The molecule has 1 fully saturated rings. The molecule has 0 aromatic heterocycles. The van der Waals surface area contributed by atoms with Gasteiger partial charge in [-0.1, -0.05) is 24.3 Å². The van der Waals surface area contributed by atoms with Crippen molar-refractivity contribution in [2.75, 3.05) is 20.3 Å². The van der Waals surface area contributed by atoms with E-state index in [1.165, 1.54) is 30.4 Å². The molecule has 0 bridgehead atoms. The van der Waals surface area contributed by atoms with E-state index in [2.05, 4.69) is 29.6 Å². The number of carbonyl (C=O) groups excluding carboxylic acids is 1. The van der Waals surface area contributed by atoms with Crippen molar-refractivity contribution in [2.45, 2.75) is 24.7 Å². The second kappa shape index (κ2) is 4.39. The number of hydrogen-bond acceptors (Lipinski definition) is 2. The lowest BCUT2D eigenvalue weighted by Crippen LogP contribution is -2.30. The second-order valence-electron chi connectivity index (χ2n) is 5.45. The predicted octanol–water partition coefficient (Wildman–Crippen LogP) is 1.65. The predicted molar refractivity (Wildman–Crippen MR) is 69.4 cm³/mol. The highest BCUT2D eigenvalue weighted by Crippen LogP contribution is 2.61. The normalized spacial score (nSPS) is 28.2. The molecule has 1 saturated carbocycles. The van der Waals surface area contributed by atoms with Gasteiger partial charge in [-0.05, 0) is 36.3 Å². The van der Waals surface area contributed by atoms with Crippen molar-refractivity contribution in [2.24, 2.45) is 5.92 Å². The van der Waals surface area contributed by atoms with E-state index in [1.807, 2.05) is 0 Å². The molecule has 2 atom stereocenters. The Balaban J connectivity index is 1.62. The minimum Gasteiger partial charge on any atom is -0.375 e. The average Bonchev–Trinajstić information content (AvgIpc) is 2.96. The van der Waals surface area contributed by atoms with Crippen LogP contribution in [0.4, 0.5) is 0 Å². The van der Waals surface area contributed by atoms with Gasteiger partial charge in [0.05, 0.1) is 0 Å². The Labute approximate surface area is 108 Å². The smallest absolute Gasteiger partial charge is 0.245 e. The summed E-state index contributed by atoms with van der Waals surface area (Å²) in [5, 5.41) is 2.96. The summed E-state index contributed by atoms with van der Waals surface area (Å²) >= 11 is 0. The highest BCUT2D eigenvalue weighted by molar-refractivity contribution is 5.77. The fourth-order valence-corrected chi connectivity index (χ4v) is 3.42. The standard InChI is InChI=1S/C15H19NO2/c1-18-10-14(17)16-9-12-8-15(12)7-6-11-4-2-3-5-13(11)15/h2-5,12H,6-10H2,1H3,(H,16,17)/t12-,15+/m1/s1. The fraction of sp³-hybridized carbons (Fsp3) is 0.533. The van der Waals surface area contributed by atoms with E-state index in [4.69, 9.17) is 4.74 Å². The van der Waals surface area contributed by atoms with Gasteiger partial charge in [0, 0.05) is 19.1 Å². The van der Waals surface area contributed by atoms with Crippen LogP contribution >= 0.6 is 0 Å². The van der Waals surface area contributed by atoms with Gasteiger partial charge in [-0.25, -0.2) is 0 Å². The summed E-state index contributed by atoms with van der Waals surface area (Å²) in [6.07, 6.45) is 3.66. The summed E-state index contributed by atoms with van der Waals surface area (Å²) in [5.74, 6) is 0.604. The minimum absolute atomic E-state index is 0.00849. The maximum absolute atomic E-state index is 11.4. The van der Waals surface area contributed by atoms with Crippen molar-refractivity contribution in [3.63, 3.8) is 0 Å². The molecule has 3 heteroatoms. The van der Waals surface area contributed by atoms with Gasteiger partial charge in [0.25, 0.3) is 0 Å². The van der Waals surface area contributed by atoms with Crippen LogP contribution in [0, 0.1) is 5.92 Å². The first-order chi connectivity index (χ1) is 8.76. The molecule has 0 unspecified atom stereocenters. The zero-order chi connectivity index (χ0) is 12.6. The fourth-order valence-electron chi connectivity index (χ4n) is 3.42. The molecule has 3 nitrogen and oxygen atoms in total. The van der Waals surface area contributed by atoms with Crippen molar-refractivity contribution >= 4 is 5.91 Å². The second-order valence-corrected chi connectivity index (χ2v) is 5.45. The Hall–Kier alpha value is -1.35. The van der Waals surface area contributed by atoms with Crippen LogP contribution in [0.3, 0.4) is 0 Å². The van der Waals surface area contributed by atoms with E-state index < -0.39 is 0 Å².